The maximum Gasteiger partial charge on any atom is 0.339 e. The van der Waals surface area contributed by atoms with E-state index in [2.05, 4.69) is 95.3 Å². The maximum absolute atomic E-state index is 12.2. The summed E-state index contributed by atoms with van der Waals surface area (Å²) < 4.78 is 15.1. The molecule has 0 aliphatic carbocycles. The summed E-state index contributed by atoms with van der Waals surface area (Å²) in [5.74, 6) is -0.236. The van der Waals surface area contributed by atoms with Gasteiger partial charge in [0.1, 0.15) is 6.61 Å². The molecule has 0 aromatic heterocycles. The Morgan fingerprint density at radius 1 is 1.14 bits per heavy atom. The molecule has 0 unspecified atom stereocenters. The van der Waals surface area contributed by atoms with E-state index in [9.17, 15) is 4.79 Å². The maximum atomic E-state index is 12.2. The first-order valence-electron chi connectivity index (χ1n) is 6.31. The van der Waals surface area contributed by atoms with E-state index < -0.39 is 0 Å². The van der Waals surface area contributed by atoms with E-state index >= 15 is 0 Å². The number of nitrogens with zero attached hydrogens (tertiary/aromatic N) is 1. The zero-order chi connectivity index (χ0) is 15.4. The van der Waals surface area contributed by atoms with Gasteiger partial charge in [-0.05, 0) is 96.4 Å². The standard InChI is InChI=1S/C13H13I4NO3/c14-9-7-8(10(15)12(17)11(9)16)13(19)21-6-3-18-1-4-20-5-2-18/h7H,1-6H2. The molecule has 1 aliphatic heterocycles. The quantitative estimate of drug-likeness (QED) is 0.205. The van der Waals surface area contributed by atoms with Crippen LogP contribution < -0.4 is 0 Å². The summed E-state index contributed by atoms with van der Waals surface area (Å²) in [6.45, 7) is 4.54. The summed E-state index contributed by atoms with van der Waals surface area (Å²) in [6, 6.07) is 1.91. The summed E-state index contributed by atoms with van der Waals surface area (Å²) in [5, 5.41) is 0. The summed E-state index contributed by atoms with van der Waals surface area (Å²) >= 11 is 9.05. The molecule has 1 saturated heterocycles. The molecular weight excluding hydrogens is 726 g/mol. The predicted octanol–water partition coefficient (Wildman–Crippen LogP) is 3.59. The number of hydrogen-bond acceptors (Lipinski definition) is 4. The van der Waals surface area contributed by atoms with E-state index in [1.54, 1.807) is 0 Å². The van der Waals surface area contributed by atoms with E-state index in [0.717, 1.165) is 43.6 Å². The summed E-state index contributed by atoms with van der Waals surface area (Å²) in [6.07, 6.45) is 0. The van der Waals surface area contributed by atoms with Crippen molar-refractivity contribution in [2.75, 3.05) is 39.5 Å². The van der Waals surface area contributed by atoms with Crippen LogP contribution in [0.3, 0.4) is 0 Å². The molecule has 1 aromatic rings. The third kappa shape index (κ3) is 5.26. The highest BCUT2D eigenvalue weighted by atomic mass is 127. The van der Waals surface area contributed by atoms with Gasteiger partial charge < -0.3 is 9.47 Å². The molecule has 1 fully saturated rings. The first-order valence-corrected chi connectivity index (χ1v) is 10.6. The number of ether oxygens (including phenoxy) is 2. The fourth-order valence-electron chi connectivity index (χ4n) is 1.89. The highest BCUT2D eigenvalue weighted by Gasteiger charge is 2.18. The Balaban J connectivity index is 1.94. The minimum Gasteiger partial charge on any atom is -0.461 e. The molecule has 1 aromatic carbocycles. The van der Waals surface area contributed by atoms with Crippen LogP contribution in [0.25, 0.3) is 0 Å². The number of morpholine rings is 1. The van der Waals surface area contributed by atoms with Crippen LogP contribution in [0.1, 0.15) is 10.4 Å². The van der Waals surface area contributed by atoms with Crippen LogP contribution in [0, 0.1) is 14.3 Å². The van der Waals surface area contributed by atoms with Gasteiger partial charge in [-0.25, -0.2) is 4.79 Å². The molecular formula is C13H13I4NO3. The summed E-state index contributed by atoms with van der Waals surface area (Å²) in [4.78, 5) is 14.5. The smallest absolute Gasteiger partial charge is 0.339 e. The second kappa shape index (κ2) is 9.13. The van der Waals surface area contributed by atoms with Gasteiger partial charge in [-0.3, -0.25) is 4.90 Å². The van der Waals surface area contributed by atoms with Gasteiger partial charge in [-0.1, -0.05) is 0 Å². The molecule has 0 radical (unpaired) electrons. The van der Waals surface area contributed by atoms with E-state index in [0.29, 0.717) is 12.2 Å². The van der Waals surface area contributed by atoms with Gasteiger partial charge in [0.25, 0.3) is 0 Å². The fourth-order valence-corrected chi connectivity index (χ4v) is 5.16. The van der Waals surface area contributed by atoms with Crippen molar-refractivity contribution in [3.8, 4) is 0 Å². The Bertz CT molecular complexity index is 533. The van der Waals surface area contributed by atoms with Crippen LogP contribution in [0.15, 0.2) is 6.07 Å². The largest absolute Gasteiger partial charge is 0.461 e. The Kier molecular flexibility index (Phi) is 8.20. The van der Waals surface area contributed by atoms with Gasteiger partial charge in [0.2, 0.25) is 0 Å². The molecule has 4 nitrogen and oxygen atoms in total. The SMILES string of the molecule is O=C(OCCN1CCOCC1)c1cc(I)c(I)c(I)c1I. The molecule has 116 valence electrons. The van der Waals surface area contributed by atoms with Crippen molar-refractivity contribution in [3.63, 3.8) is 0 Å². The lowest BCUT2D eigenvalue weighted by Crippen LogP contribution is -2.38. The van der Waals surface area contributed by atoms with E-state index in [-0.39, 0.29) is 5.97 Å². The average Bonchev–Trinajstić information content (AvgIpc) is 2.49. The number of halogens is 4. The second-order valence-corrected chi connectivity index (χ2v) is 8.84. The number of hydrogen-bond donors (Lipinski definition) is 0. The van der Waals surface area contributed by atoms with Gasteiger partial charge in [0, 0.05) is 33.9 Å². The molecule has 0 saturated carbocycles. The van der Waals surface area contributed by atoms with Crippen LogP contribution >= 0.6 is 90.4 Å². The number of rotatable bonds is 4. The summed E-state index contributed by atoms with van der Waals surface area (Å²) in [5.41, 5.74) is 0.659. The van der Waals surface area contributed by atoms with Crippen LogP contribution in [0.2, 0.25) is 0 Å². The fraction of sp³-hybridized carbons (Fsp3) is 0.462. The molecule has 0 spiro atoms. The highest BCUT2D eigenvalue weighted by Crippen LogP contribution is 2.29. The molecule has 8 heteroatoms. The van der Waals surface area contributed by atoms with Crippen molar-refractivity contribution >= 4 is 96.3 Å². The molecule has 2 rings (SSSR count). The second-order valence-electron chi connectivity index (χ2n) is 4.44. The normalized spacial score (nSPS) is 16.0. The van der Waals surface area contributed by atoms with Crippen LogP contribution in [0.5, 0.6) is 0 Å². The number of esters is 1. The Labute approximate surface area is 178 Å². The van der Waals surface area contributed by atoms with Gasteiger partial charge in [0.15, 0.2) is 0 Å². The molecule has 0 N–H and O–H groups in total. The minimum atomic E-state index is -0.236. The molecule has 1 heterocycles. The molecule has 1 aliphatic rings. The number of benzene rings is 1. The predicted molar refractivity (Wildman–Crippen MR) is 115 cm³/mol. The molecule has 0 atom stereocenters. The van der Waals surface area contributed by atoms with Crippen LogP contribution in [-0.4, -0.2) is 50.3 Å². The zero-order valence-electron chi connectivity index (χ0n) is 11.0. The van der Waals surface area contributed by atoms with Crippen molar-refractivity contribution in [1.29, 1.82) is 0 Å². The third-order valence-corrected chi connectivity index (χ3v) is 10.3. The molecule has 0 amide bonds. The first kappa shape index (κ1) is 18.9. The van der Waals surface area contributed by atoms with Crippen molar-refractivity contribution in [1.82, 2.24) is 4.90 Å². The number of carbonyl (C=O) groups is 1. The third-order valence-electron chi connectivity index (χ3n) is 3.07. The Morgan fingerprint density at radius 3 is 2.48 bits per heavy atom. The lowest BCUT2D eigenvalue weighted by atomic mass is 10.2. The van der Waals surface area contributed by atoms with E-state index in [4.69, 9.17) is 9.47 Å². The Hall–Kier alpha value is 1.53. The van der Waals surface area contributed by atoms with Crippen LogP contribution in [-0.2, 0) is 9.47 Å². The molecule has 21 heavy (non-hydrogen) atoms. The first-order chi connectivity index (χ1) is 10.0. The number of carbonyl (C=O) groups excluding carboxylic acids is 1. The van der Waals surface area contributed by atoms with E-state index in [1.807, 2.05) is 6.07 Å². The van der Waals surface area contributed by atoms with Crippen molar-refractivity contribution < 1.29 is 14.3 Å². The van der Waals surface area contributed by atoms with E-state index in [1.165, 1.54) is 3.57 Å². The Morgan fingerprint density at radius 2 is 1.81 bits per heavy atom. The zero-order valence-corrected chi connectivity index (χ0v) is 19.6. The lowest BCUT2D eigenvalue weighted by molar-refractivity contribution is 0.0195. The highest BCUT2D eigenvalue weighted by molar-refractivity contribution is 14.1. The van der Waals surface area contributed by atoms with Crippen molar-refractivity contribution in [2.45, 2.75) is 0 Å². The summed E-state index contributed by atoms with van der Waals surface area (Å²) in [7, 11) is 0. The minimum absolute atomic E-state index is 0.236. The van der Waals surface area contributed by atoms with Crippen molar-refractivity contribution in [3.05, 3.63) is 25.9 Å². The van der Waals surface area contributed by atoms with Gasteiger partial charge in [0.05, 0.1) is 18.8 Å². The average molecular weight is 739 g/mol. The van der Waals surface area contributed by atoms with Gasteiger partial charge >= 0.3 is 5.97 Å². The molecule has 0 bridgehead atoms. The monoisotopic (exact) mass is 739 g/mol. The van der Waals surface area contributed by atoms with Crippen molar-refractivity contribution in [2.24, 2.45) is 0 Å². The van der Waals surface area contributed by atoms with Gasteiger partial charge in [-0.15, -0.1) is 0 Å². The van der Waals surface area contributed by atoms with Gasteiger partial charge in [-0.2, -0.15) is 0 Å². The van der Waals surface area contributed by atoms with Crippen LogP contribution in [0.4, 0.5) is 0 Å². The lowest BCUT2D eigenvalue weighted by Gasteiger charge is -2.26. The topological polar surface area (TPSA) is 38.8 Å².